The van der Waals surface area contributed by atoms with E-state index in [9.17, 15) is 32.7 Å². The van der Waals surface area contributed by atoms with Gasteiger partial charge in [0, 0.05) is 35.4 Å². The number of carboxylic acids is 1. The molecular weight excluding hydrogens is 689 g/mol. The molecule has 0 bridgehead atoms. The maximum Gasteiger partial charge on any atom is 0.304 e. The van der Waals surface area contributed by atoms with Gasteiger partial charge in [-0.05, 0) is 36.8 Å². The van der Waals surface area contributed by atoms with E-state index < -0.39 is 80.3 Å². The molecule has 5 atom stereocenters. The van der Waals surface area contributed by atoms with Gasteiger partial charge in [0.05, 0.1) is 42.5 Å². The lowest BCUT2D eigenvalue weighted by Gasteiger charge is -2.34. The molecule has 3 N–H and O–H groups in total. The van der Waals surface area contributed by atoms with E-state index in [1.807, 2.05) is 36.4 Å². The van der Waals surface area contributed by atoms with Crippen LogP contribution in [0.4, 0.5) is 0 Å². The number of carboxylic acid groups (broad SMARTS) is 1. The van der Waals surface area contributed by atoms with Gasteiger partial charge in [-0.3, -0.25) is 23.9 Å². The van der Waals surface area contributed by atoms with Crippen LogP contribution in [0.25, 0.3) is 22.2 Å². The molecule has 2 unspecified atom stereocenters. The van der Waals surface area contributed by atoms with Gasteiger partial charge in [0.2, 0.25) is 21.8 Å². The average molecular weight is 733 g/mol. The van der Waals surface area contributed by atoms with Crippen molar-refractivity contribution in [3.8, 4) is 22.8 Å². The van der Waals surface area contributed by atoms with Crippen LogP contribution < -0.4 is 19.5 Å². The molecule has 0 spiro atoms. The van der Waals surface area contributed by atoms with Gasteiger partial charge < -0.3 is 24.8 Å². The summed E-state index contributed by atoms with van der Waals surface area (Å²) in [4.78, 5) is 60.1. The van der Waals surface area contributed by atoms with E-state index in [0.717, 1.165) is 5.56 Å². The molecule has 3 aromatic rings. The molecule has 2 saturated carbocycles. The molecule has 52 heavy (non-hydrogen) atoms. The van der Waals surface area contributed by atoms with Crippen LogP contribution in [0.1, 0.15) is 52.9 Å². The second-order valence-corrected chi connectivity index (χ2v) is 16.9. The number of likely N-dealkylation sites (tertiary alicyclic amines) is 1. The summed E-state index contributed by atoms with van der Waals surface area (Å²) in [5.41, 5.74) is -0.271. The van der Waals surface area contributed by atoms with Crippen LogP contribution >= 0.6 is 0 Å². The summed E-state index contributed by atoms with van der Waals surface area (Å²) in [6.45, 7) is 9.00. The Bertz CT molecular complexity index is 2030. The largest absolute Gasteiger partial charge is 0.497 e. The molecule has 3 amide bonds. The number of amides is 3. The number of fused-ring (bicyclic) bond motifs is 1. The molecule has 2 aromatic carbocycles. The van der Waals surface area contributed by atoms with Crippen LogP contribution in [0.2, 0.25) is 0 Å². The van der Waals surface area contributed by atoms with Crippen molar-refractivity contribution < 1.29 is 42.2 Å². The SMILES string of the molecule is C=CC1CC1(NC(=O)[C@@H]1C[C@@H](Oc2cc(-c3ccccc3)nc3cc(OC)ccc23)CN1C(=O)[C@@H](CC(=O)O)C(C)(C)C)C(=O)NS(=O)(=O)C1CC1. The van der Waals surface area contributed by atoms with Gasteiger partial charge in [-0.25, -0.2) is 13.4 Å². The van der Waals surface area contributed by atoms with Crippen LogP contribution in [0.15, 0.2) is 67.3 Å². The fourth-order valence-electron chi connectivity index (χ4n) is 6.87. The van der Waals surface area contributed by atoms with E-state index >= 15 is 0 Å². The van der Waals surface area contributed by atoms with Crippen molar-refractivity contribution in [1.29, 1.82) is 0 Å². The van der Waals surface area contributed by atoms with Crippen molar-refractivity contribution in [1.82, 2.24) is 19.9 Å². The first-order valence-electron chi connectivity index (χ1n) is 17.3. The zero-order valence-corrected chi connectivity index (χ0v) is 30.4. The predicted octanol–water partition coefficient (Wildman–Crippen LogP) is 4.07. The summed E-state index contributed by atoms with van der Waals surface area (Å²) in [5, 5.41) is 12.5. The number of rotatable bonds is 13. The second kappa shape index (κ2) is 13.9. The highest BCUT2D eigenvalue weighted by atomic mass is 32.2. The zero-order valence-electron chi connectivity index (χ0n) is 29.6. The van der Waals surface area contributed by atoms with E-state index in [1.165, 1.54) is 11.0 Å². The summed E-state index contributed by atoms with van der Waals surface area (Å²) < 4.78 is 39.6. The number of nitrogens with one attached hydrogen (secondary N) is 2. The average Bonchev–Trinajstić information content (AvgIpc) is 4.03. The minimum absolute atomic E-state index is 0.0129. The molecule has 3 fully saturated rings. The third-order valence-electron chi connectivity index (χ3n) is 10.2. The van der Waals surface area contributed by atoms with Crippen LogP contribution in [0.5, 0.6) is 11.5 Å². The van der Waals surface area contributed by atoms with Gasteiger partial charge in [0.15, 0.2) is 0 Å². The van der Waals surface area contributed by atoms with Crippen molar-refractivity contribution >= 4 is 44.6 Å². The minimum atomic E-state index is -3.91. The lowest BCUT2D eigenvalue weighted by molar-refractivity contribution is -0.150. The second-order valence-electron chi connectivity index (χ2n) is 14.9. The van der Waals surface area contributed by atoms with E-state index in [-0.39, 0.29) is 19.4 Å². The number of methoxy groups -OCH3 is 1. The van der Waals surface area contributed by atoms with Crippen molar-refractivity contribution in [3.63, 3.8) is 0 Å². The first-order valence-corrected chi connectivity index (χ1v) is 18.8. The third kappa shape index (κ3) is 7.48. The molecule has 1 aromatic heterocycles. The zero-order chi connectivity index (χ0) is 37.6. The molecule has 2 heterocycles. The molecule has 14 heteroatoms. The normalized spacial score (nSPS) is 23.4. The molecule has 2 aliphatic carbocycles. The molecule has 276 valence electrons. The number of ether oxygens (including phenoxy) is 2. The van der Waals surface area contributed by atoms with Gasteiger partial charge >= 0.3 is 5.97 Å². The molecule has 6 rings (SSSR count). The Labute approximate surface area is 302 Å². The quantitative estimate of drug-likeness (QED) is 0.217. The minimum Gasteiger partial charge on any atom is -0.497 e. The molecular formula is C38H44N4O9S. The van der Waals surface area contributed by atoms with Crippen molar-refractivity contribution in [2.75, 3.05) is 13.7 Å². The smallest absolute Gasteiger partial charge is 0.304 e. The maximum absolute atomic E-state index is 14.3. The third-order valence-corrected chi connectivity index (χ3v) is 12.0. The van der Waals surface area contributed by atoms with Gasteiger partial charge in [0.1, 0.15) is 29.2 Å². The highest BCUT2D eigenvalue weighted by molar-refractivity contribution is 7.91. The summed E-state index contributed by atoms with van der Waals surface area (Å²) in [6.07, 6.45) is 1.35. The number of hydrogen-bond donors (Lipinski definition) is 3. The first kappa shape index (κ1) is 36.8. The van der Waals surface area contributed by atoms with E-state index in [1.54, 1.807) is 46.1 Å². The van der Waals surface area contributed by atoms with Crippen molar-refractivity contribution in [3.05, 3.63) is 67.3 Å². The van der Waals surface area contributed by atoms with Crippen LogP contribution in [-0.2, 0) is 29.2 Å². The lowest BCUT2D eigenvalue weighted by atomic mass is 9.77. The number of benzene rings is 2. The summed E-state index contributed by atoms with van der Waals surface area (Å²) in [5.74, 6) is -3.70. The number of carbonyl (C=O) groups excluding carboxylic acids is 3. The van der Waals surface area contributed by atoms with Crippen molar-refractivity contribution in [2.24, 2.45) is 17.3 Å². The fourth-order valence-corrected chi connectivity index (χ4v) is 8.23. The highest BCUT2D eigenvalue weighted by Gasteiger charge is 2.62. The van der Waals surface area contributed by atoms with Crippen molar-refractivity contribution in [2.45, 2.75) is 75.8 Å². The Morgan fingerprint density at radius 2 is 1.83 bits per heavy atom. The molecule has 0 radical (unpaired) electrons. The van der Waals surface area contributed by atoms with E-state index in [2.05, 4.69) is 16.6 Å². The van der Waals surface area contributed by atoms with Gasteiger partial charge in [-0.1, -0.05) is 57.2 Å². The highest BCUT2D eigenvalue weighted by Crippen LogP contribution is 2.46. The molecule has 1 saturated heterocycles. The monoisotopic (exact) mass is 732 g/mol. The Morgan fingerprint density at radius 1 is 1.12 bits per heavy atom. The van der Waals surface area contributed by atoms with Crippen LogP contribution in [-0.4, -0.2) is 83.7 Å². The topological polar surface area (TPSA) is 181 Å². The number of nitrogens with zero attached hydrogens (tertiary/aromatic N) is 2. The van der Waals surface area contributed by atoms with Crippen LogP contribution in [0.3, 0.4) is 0 Å². The Balaban J connectivity index is 1.34. The fraction of sp³-hybridized carbons (Fsp3) is 0.447. The standard InChI is InChI=1S/C38H44N4O9S/c1-6-23-20-38(23,36(47)41-52(48,49)26-13-14-26)40-34(45)31-17-25(21-42(31)35(46)28(18-33(43)44)37(2,3)4)51-32-19-29(22-10-8-7-9-11-22)39-30-16-24(50-5)12-15-27(30)32/h6-12,15-16,19,23,25-26,28,31H,1,13-14,17-18,20-21H2,2-5H3,(H,40,45)(H,41,47)(H,43,44)/t23?,25-,28-,31+,38?/m1/s1. The van der Waals surface area contributed by atoms with Gasteiger partial charge in [-0.15, -0.1) is 6.58 Å². The number of aliphatic carboxylic acids is 1. The van der Waals surface area contributed by atoms with E-state index in [0.29, 0.717) is 40.9 Å². The predicted molar refractivity (Wildman–Crippen MR) is 193 cm³/mol. The summed E-state index contributed by atoms with van der Waals surface area (Å²) in [7, 11) is -2.35. The van der Waals surface area contributed by atoms with Gasteiger partial charge in [0.25, 0.3) is 5.91 Å². The molecule has 3 aliphatic rings. The Hall–Kier alpha value is -4.98. The summed E-state index contributed by atoms with van der Waals surface area (Å²) in [6, 6.07) is 15.5. The van der Waals surface area contributed by atoms with Crippen LogP contribution in [0, 0.1) is 17.3 Å². The Morgan fingerprint density at radius 3 is 2.42 bits per heavy atom. The maximum atomic E-state index is 14.3. The number of aromatic nitrogens is 1. The first-order chi connectivity index (χ1) is 24.6. The molecule has 13 nitrogen and oxygen atoms in total. The number of pyridine rings is 1. The van der Waals surface area contributed by atoms with Gasteiger partial charge in [-0.2, -0.15) is 0 Å². The molecule has 1 aliphatic heterocycles. The number of carbonyl (C=O) groups is 4. The number of hydrogen-bond acceptors (Lipinski definition) is 9. The lowest BCUT2D eigenvalue weighted by Crippen LogP contribution is -2.57. The van der Waals surface area contributed by atoms with E-state index in [4.69, 9.17) is 14.5 Å². The summed E-state index contributed by atoms with van der Waals surface area (Å²) >= 11 is 0. The Kier molecular flexibility index (Phi) is 9.81. The number of sulfonamides is 1.